The van der Waals surface area contributed by atoms with Gasteiger partial charge in [0.1, 0.15) is 0 Å². The number of para-hydroxylation sites is 1. The Morgan fingerprint density at radius 3 is 2.57 bits per heavy atom. The van der Waals surface area contributed by atoms with E-state index in [2.05, 4.69) is 10.3 Å². The molecule has 3 N–H and O–H groups in total. The van der Waals surface area contributed by atoms with Gasteiger partial charge in [0.05, 0.1) is 12.2 Å². The molecule has 0 radical (unpaired) electrons. The van der Waals surface area contributed by atoms with E-state index < -0.39 is 5.91 Å². The first-order chi connectivity index (χ1) is 10.1. The third-order valence-electron chi connectivity index (χ3n) is 2.83. The molecular weight excluding hydrogens is 268 g/mol. The minimum Gasteiger partial charge on any atom is -0.397 e. The Morgan fingerprint density at radius 1 is 1.19 bits per heavy atom. The number of amides is 2. The Bertz CT molecular complexity index is 643. The van der Waals surface area contributed by atoms with Crippen LogP contribution in [0.4, 0.5) is 11.4 Å². The molecule has 2 aromatic rings. The van der Waals surface area contributed by atoms with Crippen molar-refractivity contribution < 1.29 is 9.59 Å². The topological polar surface area (TPSA) is 88.3 Å². The Morgan fingerprint density at radius 2 is 1.90 bits per heavy atom. The number of rotatable bonds is 4. The molecule has 0 bridgehead atoms. The third-order valence-corrected chi connectivity index (χ3v) is 2.83. The molecule has 1 aromatic carbocycles. The van der Waals surface area contributed by atoms with E-state index in [1.807, 2.05) is 18.2 Å². The van der Waals surface area contributed by atoms with Crippen molar-refractivity contribution in [1.29, 1.82) is 0 Å². The minimum absolute atomic E-state index is 0.0796. The predicted octanol–water partition coefficient (Wildman–Crippen LogP) is 1.37. The van der Waals surface area contributed by atoms with Gasteiger partial charge in [-0.2, -0.15) is 0 Å². The zero-order valence-corrected chi connectivity index (χ0v) is 11.6. The number of nitrogens with two attached hydrogens (primary N) is 1. The van der Waals surface area contributed by atoms with E-state index in [-0.39, 0.29) is 23.8 Å². The third kappa shape index (κ3) is 3.79. The smallest absolute Gasteiger partial charge is 0.274 e. The molecule has 0 saturated carbocycles. The quantitative estimate of drug-likeness (QED) is 0.887. The van der Waals surface area contributed by atoms with Gasteiger partial charge in [-0.15, -0.1) is 0 Å². The molecule has 2 rings (SSSR count). The summed E-state index contributed by atoms with van der Waals surface area (Å²) in [5.74, 6) is -0.678. The van der Waals surface area contributed by atoms with E-state index in [1.165, 1.54) is 18.1 Å². The van der Waals surface area contributed by atoms with E-state index in [1.54, 1.807) is 24.3 Å². The van der Waals surface area contributed by atoms with Crippen LogP contribution >= 0.6 is 0 Å². The standard InChI is InChI=1S/C15H16N4O2/c1-19(15(21)14-12(16)8-5-9-17-14)10-13(20)18-11-6-3-2-4-7-11/h2-9H,10,16H2,1H3,(H,18,20). The van der Waals surface area contributed by atoms with Crippen molar-refractivity contribution >= 4 is 23.2 Å². The molecule has 1 heterocycles. The average molecular weight is 284 g/mol. The summed E-state index contributed by atoms with van der Waals surface area (Å²) >= 11 is 0. The minimum atomic E-state index is -0.392. The van der Waals surface area contributed by atoms with Crippen molar-refractivity contribution in [1.82, 2.24) is 9.88 Å². The van der Waals surface area contributed by atoms with Crippen LogP contribution in [0.1, 0.15) is 10.5 Å². The lowest BCUT2D eigenvalue weighted by molar-refractivity contribution is -0.116. The highest BCUT2D eigenvalue weighted by molar-refractivity contribution is 6.00. The molecule has 21 heavy (non-hydrogen) atoms. The van der Waals surface area contributed by atoms with Crippen LogP contribution in [0, 0.1) is 0 Å². The van der Waals surface area contributed by atoms with Crippen molar-refractivity contribution in [2.24, 2.45) is 0 Å². The highest BCUT2D eigenvalue weighted by atomic mass is 16.2. The van der Waals surface area contributed by atoms with Crippen LogP contribution < -0.4 is 11.1 Å². The number of aromatic nitrogens is 1. The lowest BCUT2D eigenvalue weighted by atomic mass is 10.2. The fourth-order valence-electron chi connectivity index (χ4n) is 1.79. The van der Waals surface area contributed by atoms with E-state index >= 15 is 0 Å². The maximum Gasteiger partial charge on any atom is 0.274 e. The normalized spacial score (nSPS) is 9.95. The molecule has 0 aliphatic rings. The van der Waals surface area contributed by atoms with Crippen molar-refractivity contribution in [2.75, 3.05) is 24.6 Å². The van der Waals surface area contributed by atoms with Crippen molar-refractivity contribution in [3.8, 4) is 0 Å². The largest absolute Gasteiger partial charge is 0.397 e. The summed E-state index contributed by atoms with van der Waals surface area (Å²) in [5, 5.41) is 2.71. The zero-order valence-electron chi connectivity index (χ0n) is 11.6. The van der Waals surface area contributed by atoms with Crippen LogP contribution in [0.15, 0.2) is 48.7 Å². The molecular formula is C15H16N4O2. The lowest BCUT2D eigenvalue weighted by Gasteiger charge is -2.17. The molecule has 0 spiro atoms. The summed E-state index contributed by atoms with van der Waals surface area (Å²) in [4.78, 5) is 29.3. The first-order valence-corrected chi connectivity index (χ1v) is 6.39. The lowest BCUT2D eigenvalue weighted by Crippen LogP contribution is -2.35. The van der Waals surface area contributed by atoms with E-state index in [4.69, 9.17) is 5.73 Å². The van der Waals surface area contributed by atoms with Crippen molar-refractivity contribution in [3.05, 3.63) is 54.4 Å². The first-order valence-electron chi connectivity index (χ1n) is 6.39. The molecule has 0 unspecified atom stereocenters. The fraction of sp³-hybridized carbons (Fsp3) is 0.133. The molecule has 6 heteroatoms. The van der Waals surface area contributed by atoms with Gasteiger partial charge in [0.25, 0.3) is 5.91 Å². The number of nitrogen functional groups attached to an aromatic ring is 1. The SMILES string of the molecule is CN(CC(=O)Nc1ccccc1)C(=O)c1ncccc1N. The van der Waals surface area contributed by atoms with E-state index in [0.717, 1.165) is 0 Å². The molecule has 2 amide bonds. The number of nitrogens with one attached hydrogen (secondary N) is 1. The molecule has 108 valence electrons. The van der Waals surface area contributed by atoms with Gasteiger partial charge >= 0.3 is 0 Å². The molecule has 0 saturated heterocycles. The van der Waals surface area contributed by atoms with E-state index in [0.29, 0.717) is 5.69 Å². The monoisotopic (exact) mass is 284 g/mol. The molecule has 1 aromatic heterocycles. The zero-order chi connectivity index (χ0) is 15.2. The second-order valence-electron chi connectivity index (χ2n) is 4.52. The van der Waals surface area contributed by atoms with Gasteiger partial charge in [-0.3, -0.25) is 9.59 Å². The maximum absolute atomic E-state index is 12.2. The van der Waals surface area contributed by atoms with Gasteiger partial charge in [0.2, 0.25) is 5.91 Å². The summed E-state index contributed by atoms with van der Waals surface area (Å²) in [6.07, 6.45) is 1.49. The molecule has 0 aliphatic carbocycles. The molecule has 6 nitrogen and oxygen atoms in total. The highest BCUT2D eigenvalue weighted by Crippen LogP contribution is 2.10. The molecule has 0 atom stereocenters. The number of likely N-dealkylation sites (N-methyl/N-ethyl adjacent to an activating group) is 1. The van der Waals surface area contributed by atoms with Gasteiger partial charge in [0, 0.05) is 18.9 Å². The number of hydrogen-bond acceptors (Lipinski definition) is 4. The van der Waals surface area contributed by atoms with Crippen LogP contribution in [-0.4, -0.2) is 35.3 Å². The first kappa shape index (κ1) is 14.5. The van der Waals surface area contributed by atoms with Gasteiger partial charge < -0.3 is 16.0 Å². The summed E-state index contributed by atoms with van der Waals surface area (Å²) < 4.78 is 0. The Hall–Kier alpha value is -2.89. The summed E-state index contributed by atoms with van der Waals surface area (Å²) in [6, 6.07) is 12.3. The van der Waals surface area contributed by atoms with Gasteiger partial charge in [-0.05, 0) is 24.3 Å². The van der Waals surface area contributed by atoms with Gasteiger partial charge in [-0.1, -0.05) is 18.2 Å². The summed E-state index contributed by atoms with van der Waals surface area (Å²) in [5.41, 5.74) is 6.82. The van der Waals surface area contributed by atoms with Crippen LogP contribution in [-0.2, 0) is 4.79 Å². The second-order valence-corrected chi connectivity index (χ2v) is 4.52. The molecule has 0 aliphatic heterocycles. The van der Waals surface area contributed by atoms with Crippen molar-refractivity contribution in [3.63, 3.8) is 0 Å². The van der Waals surface area contributed by atoms with Crippen LogP contribution in [0.3, 0.4) is 0 Å². The number of carbonyl (C=O) groups is 2. The number of hydrogen-bond donors (Lipinski definition) is 2. The Balaban J connectivity index is 1.98. The number of pyridine rings is 1. The van der Waals surface area contributed by atoms with Gasteiger partial charge in [-0.25, -0.2) is 4.98 Å². The Labute approximate surface area is 122 Å². The Kier molecular flexibility index (Phi) is 4.50. The number of carbonyl (C=O) groups excluding carboxylic acids is 2. The van der Waals surface area contributed by atoms with E-state index in [9.17, 15) is 9.59 Å². The maximum atomic E-state index is 12.2. The predicted molar refractivity (Wildman–Crippen MR) is 80.7 cm³/mol. The van der Waals surface area contributed by atoms with Crippen molar-refractivity contribution in [2.45, 2.75) is 0 Å². The number of benzene rings is 1. The fourth-order valence-corrected chi connectivity index (χ4v) is 1.79. The number of anilines is 2. The van der Waals surface area contributed by atoms with Crippen LogP contribution in [0.25, 0.3) is 0 Å². The second kappa shape index (κ2) is 6.51. The summed E-state index contributed by atoms with van der Waals surface area (Å²) in [6.45, 7) is -0.0796. The van der Waals surface area contributed by atoms with Gasteiger partial charge in [0.15, 0.2) is 5.69 Å². The van der Waals surface area contributed by atoms with Crippen LogP contribution in [0.2, 0.25) is 0 Å². The molecule has 0 fully saturated rings. The average Bonchev–Trinajstić information content (AvgIpc) is 2.48. The highest BCUT2D eigenvalue weighted by Gasteiger charge is 2.18. The summed E-state index contributed by atoms with van der Waals surface area (Å²) in [7, 11) is 1.53. The number of nitrogens with zero attached hydrogens (tertiary/aromatic N) is 2. The van der Waals surface area contributed by atoms with Crippen LogP contribution in [0.5, 0.6) is 0 Å².